The summed E-state index contributed by atoms with van der Waals surface area (Å²) < 4.78 is 10.5. The Morgan fingerprint density at radius 3 is 2.62 bits per heavy atom. The summed E-state index contributed by atoms with van der Waals surface area (Å²) in [4.78, 5) is 4.47. The average Bonchev–Trinajstić information content (AvgIpc) is 2.96. The van der Waals surface area contributed by atoms with Crippen molar-refractivity contribution in [1.29, 1.82) is 0 Å². The van der Waals surface area contributed by atoms with Gasteiger partial charge in [-0.15, -0.1) is 0 Å². The fourth-order valence-electron chi connectivity index (χ4n) is 2.24. The summed E-state index contributed by atoms with van der Waals surface area (Å²) in [5.41, 5.74) is 2.28. The van der Waals surface area contributed by atoms with E-state index in [2.05, 4.69) is 41.4 Å². The van der Waals surface area contributed by atoms with E-state index in [0.29, 0.717) is 24.7 Å². The van der Waals surface area contributed by atoms with E-state index < -0.39 is 0 Å². The van der Waals surface area contributed by atoms with E-state index in [1.807, 2.05) is 12.1 Å². The molecule has 0 aliphatic rings. The zero-order valence-corrected chi connectivity index (χ0v) is 12.9. The van der Waals surface area contributed by atoms with E-state index in [4.69, 9.17) is 9.26 Å². The summed E-state index contributed by atoms with van der Waals surface area (Å²) >= 11 is 0. The number of likely N-dealkylation sites (N-methyl/N-ethyl adjacent to an activating group) is 1. The second kappa shape index (κ2) is 7.90. The molecule has 0 bridgehead atoms. The molecule has 2 rings (SSSR count). The largest absolute Gasteiger partial charge is 0.383 e. The van der Waals surface area contributed by atoms with Gasteiger partial charge in [-0.1, -0.05) is 43.3 Å². The lowest BCUT2D eigenvalue weighted by Gasteiger charge is -2.14. The van der Waals surface area contributed by atoms with E-state index in [-0.39, 0.29) is 6.04 Å². The molecule has 1 unspecified atom stereocenters. The van der Waals surface area contributed by atoms with Crippen LogP contribution in [0, 0.1) is 0 Å². The molecule has 1 heterocycles. The summed E-state index contributed by atoms with van der Waals surface area (Å²) in [6.07, 6.45) is 1.70. The predicted octanol–water partition coefficient (Wildman–Crippen LogP) is 2.47. The molecule has 5 heteroatoms. The number of methoxy groups -OCH3 is 1. The maximum absolute atomic E-state index is 5.34. The summed E-state index contributed by atoms with van der Waals surface area (Å²) in [6, 6.07) is 8.44. The average molecular weight is 289 g/mol. The number of hydrogen-bond donors (Lipinski definition) is 1. The topological polar surface area (TPSA) is 60.2 Å². The van der Waals surface area contributed by atoms with Crippen molar-refractivity contribution in [2.24, 2.45) is 0 Å². The van der Waals surface area contributed by atoms with E-state index in [0.717, 1.165) is 18.5 Å². The molecule has 0 radical (unpaired) electrons. The predicted molar refractivity (Wildman–Crippen MR) is 82.2 cm³/mol. The Morgan fingerprint density at radius 2 is 2.00 bits per heavy atom. The highest BCUT2D eigenvalue weighted by Crippen LogP contribution is 2.17. The zero-order chi connectivity index (χ0) is 15.1. The van der Waals surface area contributed by atoms with Crippen molar-refractivity contribution in [2.45, 2.75) is 32.7 Å². The lowest BCUT2D eigenvalue weighted by Crippen LogP contribution is -2.35. The van der Waals surface area contributed by atoms with Gasteiger partial charge >= 0.3 is 0 Å². The van der Waals surface area contributed by atoms with Gasteiger partial charge in [0.25, 0.3) is 0 Å². The van der Waals surface area contributed by atoms with Crippen LogP contribution in [0.1, 0.15) is 25.3 Å². The van der Waals surface area contributed by atoms with Crippen LogP contribution in [0.25, 0.3) is 11.4 Å². The summed E-state index contributed by atoms with van der Waals surface area (Å²) in [5, 5.41) is 7.40. The highest BCUT2D eigenvalue weighted by Gasteiger charge is 2.14. The standard InChI is InChI=1S/C16H23N3O2/c1-4-12-6-8-13(9-7-12)16-18-15(21-19-16)10-14(11-20-3)17-5-2/h6-9,14,17H,4-5,10-11H2,1-3H3. The highest BCUT2D eigenvalue weighted by atomic mass is 16.5. The zero-order valence-electron chi connectivity index (χ0n) is 12.9. The lowest BCUT2D eigenvalue weighted by molar-refractivity contribution is 0.162. The van der Waals surface area contributed by atoms with Gasteiger partial charge in [-0.05, 0) is 18.5 Å². The van der Waals surface area contributed by atoms with Crippen molar-refractivity contribution in [3.8, 4) is 11.4 Å². The molecule has 1 atom stereocenters. The summed E-state index contributed by atoms with van der Waals surface area (Å²) in [6.45, 7) is 5.71. The molecule has 0 amide bonds. The van der Waals surface area contributed by atoms with E-state index in [1.165, 1.54) is 5.56 Å². The normalized spacial score (nSPS) is 12.5. The monoisotopic (exact) mass is 289 g/mol. The molecule has 1 N–H and O–H groups in total. The number of aromatic nitrogens is 2. The summed E-state index contributed by atoms with van der Waals surface area (Å²) in [7, 11) is 1.69. The van der Waals surface area contributed by atoms with Crippen LogP contribution >= 0.6 is 0 Å². The van der Waals surface area contributed by atoms with Crippen LogP contribution in [0.2, 0.25) is 0 Å². The van der Waals surface area contributed by atoms with E-state index >= 15 is 0 Å². The molecule has 0 aliphatic heterocycles. The van der Waals surface area contributed by atoms with Gasteiger partial charge < -0.3 is 14.6 Å². The summed E-state index contributed by atoms with van der Waals surface area (Å²) in [5.74, 6) is 1.27. The van der Waals surface area contributed by atoms with Crippen LogP contribution < -0.4 is 5.32 Å². The first kappa shape index (κ1) is 15.7. The van der Waals surface area contributed by atoms with Crippen molar-refractivity contribution in [3.63, 3.8) is 0 Å². The minimum absolute atomic E-state index is 0.191. The van der Waals surface area contributed by atoms with Crippen molar-refractivity contribution < 1.29 is 9.26 Å². The fourth-order valence-corrected chi connectivity index (χ4v) is 2.24. The Morgan fingerprint density at radius 1 is 1.24 bits per heavy atom. The van der Waals surface area contributed by atoms with Gasteiger partial charge in [0.2, 0.25) is 11.7 Å². The van der Waals surface area contributed by atoms with Gasteiger partial charge in [0, 0.05) is 25.1 Å². The van der Waals surface area contributed by atoms with Gasteiger partial charge in [-0.25, -0.2) is 0 Å². The smallest absolute Gasteiger partial charge is 0.228 e. The maximum atomic E-state index is 5.34. The van der Waals surface area contributed by atoms with Crippen LogP contribution in [-0.2, 0) is 17.6 Å². The Kier molecular flexibility index (Phi) is 5.90. The molecule has 0 fully saturated rings. The van der Waals surface area contributed by atoms with Gasteiger partial charge in [0.05, 0.1) is 6.61 Å². The van der Waals surface area contributed by atoms with Crippen LogP contribution in [-0.4, -0.2) is 36.4 Å². The van der Waals surface area contributed by atoms with Crippen molar-refractivity contribution >= 4 is 0 Å². The molecule has 0 aliphatic carbocycles. The van der Waals surface area contributed by atoms with Crippen LogP contribution in [0.5, 0.6) is 0 Å². The van der Waals surface area contributed by atoms with Gasteiger partial charge in [-0.3, -0.25) is 0 Å². The third-order valence-corrected chi connectivity index (χ3v) is 3.37. The maximum Gasteiger partial charge on any atom is 0.228 e. The van der Waals surface area contributed by atoms with Gasteiger partial charge in [0.1, 0.15) is 0 Å². The Balaban J connectivity index is 2.05. The number of nitrogens with zero attached hydrogens (tertiary/aromatic N) is 2. The lowest BCUT2D eigenvalue weighted by atomic mass is 10.1. The SMILES string of the molecule is CCNC(COC)Cc1nc(-c2ccc(CC)cc2)no1. The Hall–Kier alpha value is -1.72. The molecule has 0 saturated carbocycles. The number of ether oxygens (including phenoxy) is 1. The van der Waals surface area contributed by atoms with E-state index in [9.17, 15) is 0 Å². The Bertz CT molecular complexity index is 531. The van der Waals surface area contributed by atoms with Gasteiger partial charge in [0.15, 0.2) is 0 Å². The second-order valence-electron chi connectivity index (χ2n) is 4.98. The van der Waals surface area contributed by atoms with Crippen molar-refractivity contribution in [3.05, 3.63) is 35.7 Å². The van der Waals surface area contributed by atoms with E-state index in [1.54, 1.807) is 7.11 Å². The Labute approximate surface area is 125 Å². The molecule has 1 aromatic carbocycles. The number of hydrogen-bond acceptors (Lipinski definition) is 5. The first-order chi connectivity index (χ1) is 10.3. The number of nitrogens with one attached hydrogen (secondary N) is 1. The molecule has 114 valence electrons. The molecule has 21 heavy (non-hydrogen) atoms. The third-order valence-electron chi connectivity index (χ3n) is 3.37. The second-order valence-corrected chi connectivity index (χ2v) is 4.98. The first-order valence-corrected chi connectivity index (χ1v) is 7.41. The molecule has 0 spiro atoms. The van der Waals surface area contributed by atoms with Crippen LogP contribution in [0.3, 0.4) is 0 Å². The third kappa shape index (κ3) is 4.37. The number of aryl methyl sites for hydroxylation is 1. The minimum Gasteiger partial charge on any atom is -0.383 e. The van der Waals surface area contributed by atoms with Crippen molar-refractivity contribution in [2.75, 3.05) is 20.3 Å². The fraction of sp³-hybridized carbons (Fsp3) is 0.500. The molecule has 2 aromatic rings. The highest BCUT2D eigenvalue weighted by molar-refractivity contribution is 5.54. The van der Waals surface area contributed by atoms with Crippen molar-refractivity contribution in [1.82, 2.24) is 15.5 Å². The molecule has 5 nitrogen and oxygen atoms in total. The molecular weight excluding hydrogens is 266 g/mol. The van der Waals surface area contributed by atoms with Crippen LogP contribution in [0.4, 0.5) is 0 Å². The van der Waals surface area contributed by atoms with Gasteiger partial charge in [-0.2, -0.15) is 4.98 Å². The molecule has 1 aromatic heterocycles. The quantitative estimate of drug-likeness (QED) is 0.809. The minimum atomic E-state index is 0.191. The number of benzene rings is 1. The van der Waals surface area contributed by atoms with Crippen LogP contribution in [0.15, 0.2) is 28.8 Å². The first-order valence-electron chi connectivity index (χ1n) is 7.41. The molecule has 0 saturated heterocycles. The molecular formula is C16H23N3O2. The number of rotatable bonds is 8.